The normalized spacial score (nSPS) is 12.9. The van der Waals surface area contributed by atoms with Crippen LogP contribution in [0.4, 0.5) is 18.0 Å². The number of alkyl halides is 3. The van der Waals surface area contributed by atoms with E-state index in [1.165, 1.54) is 20.9 Å². The van der Waals surface area contributed by atoms with Crippen LogP contribution in [-0.2, 0) is 35.3 Å². The van der Waals surface area contributed by atoms with E-state index in [0.29, 0.717) is 0 Å². The average molecular weight is 536 g/mol. The summed E-state index contributed by atoms with van der Waals surface area (Å²) in [5, 5.41) is 20.7. The summed E-state index contributed by atoms with van der Waals surface area (Å²) in [5.74, 6) is -6.48. The van der Waals surface area contributed by atoms with Crippen LogP contribution in [0.5, 0.6) is 0 Å². The molecule has 0 saturated heterocycles. The van der Waals surface area contributed by atoms with Crippen LogP contribution in [0.2, 0.25) is 0 Å². The summed E-state index contributed by atoms with van der Waals surface area (Å²) < 4.78 is 36.8. The fourth-order valence-corrected chi connectivity index (χ4v) is 2.37. The summed E-state index contributed by atoms with van der Waals surface area (Å²) in [6, 6.07) is 5.38. The van der Waals surface area contributed by atoms with Gasteiger partial charge in [0, 0.05) is 7.05 Å². The number of ether oxygens (including phenoxy) is 1. The van der Waals surface area contributed by atoms with Gasteiger partial charge in [0.05, 0.1) is 6.42 Å². The van der Waals surface area contributed by atoms with Crippen molar-refractivity contribution in [1.29, 1.82) is 0 Å². The maximum absolute atomic E-state index is 12.5. The van der Waals surface area contributed by atoms with Gasteiger partial charge in [-0.15, -0.1) is 0 Å². The summed E-state index contributed by atoms with van der Waals surface area (Å²) >= 11 is 0. The van der Waals surface area contributed by atoms with Crippen LogP contribution in [-0.4, -0.2) is 82.2 Å². The molecular formula is C21H27F3N4O9. The molecule has 206 valence electrons. The number of hydrogen-bond donors (Lipinski definition) is 5. The van der Waals surface area contributed by atoms with Gasteiger partial charge in [-0.3, -0.25) is 14.4 Å². The third-order valence-electron chi connectivity index (χ3n) is 4.49. The predicted molar refractivity (Wildman–Crippen MR) is 119 cm³/mol. The third kappa shape index (κ3) is 12.8. The predicted octanol–water partition coefficient (Wildman–Crippen LogP) is 0.226. The molecule has 0 fully saturated rings. The van der Waals surface area contributed by atoms with E-state index in [1.54, 1.807) is 24.3 Å². The first-order chi connectivity index (χ1) is 17.0. The number of rotatable bonds is 10. The lowest BCUT2D eigenvalue weighted by molar-refractivity contribution is -0.192. The van der Waals surface area contributed by atoms with E-state index in [9.17, 15) is 37.1 Å². The van der Waals surface area contributed by atoms with Crippen molar-refractivity contribution in [2.75, 3.05) is 7.05 Å². The highest BCUT2D eigenvalue weighted by molar-refractivity contribution is 5.93. The number of nitrogens with one attached hydrogen (secondary N) is 2. The van der Waals surface area contributed by atoms with Crippen LogP contribution in [0.25, 0.3) is 0 Å². The summed E-state index contributed by atoms with van der Waals surface area (Å²) in [5.41, 5.74) is 5.74. The number of primary amides is 1. The molecule has 1 rings (SSSR count). The summed E-state index contributed by atoms with van der Waals surface area (Å²) in [6.45, 7) is 2.82. The first-order valence-electron chi connectivity index (χ1n) is 10.3. The zero-order valence-electron chi connectivity index (χ0n) is 19.9. The number of carboxylic acid groups (broad SMARTS) is 2. The SMILES string of the molecule is C[C@H](NC(=O)OCc1ccccc1)C(=O)N(C)[C@@H](C)C(=O)N[C@@H](CC(N)=O)C(=O)O.O=C(O)C(F)(F)F. The number of hydrogen-bond acceptors (Lipinski definition) is 7. The Balaban J connectivity index is 0.00000161. The van der Waals surface area contributed by atoms with Crippen molar-refractivity contribution in [1.82, 2.24) is 15.5 Å². The first kappa shape index (κ1) is 32.6. The Hall–Kier alpha value is -4.37. The van der Waals surface area contributed by atoms with Gasteiger partial charge in [0.25, 0.3) is 0 Å². The molecule has 1 aromatic carbocycles. The van der Waals surface area contributed by atoms with Gasteiger partial charge in [-0.05, 0) is 19.4 Å². The Bertz CT molecular complexity index is 974. The van der Waals surface area contributed by atoms with Gasteiger partial charge < -0.3 is 36.2 Å². The minimum absolute atomic E-state index is 0.0265. The average Bonchev–Trinajstić information content (AvgIpc) is 2.80. The zero-order valence-corrected chi connectivity index (χ0v) is 19.9. The topological polar surface area (TPSA) is 205 Å². The van der Waals surface area contributed by atoms with Crippen molar-refractivity contribution in [3.05, 3.63) is 35.9 Å². The molecular weight excluding hydrogens is 509 g/mol. The molecule has 0 radical (unpaired) electrons. The van der Waals surface area contributed by atoms with Crippen molar-refractivity contribution in [2.45, 2.75) is 51.2 Å². The van der Waals surface area contributed by atoms with Gasteiger partial charge in [-0.25, -0.2) is 14.4 Å². The standard InChI is InChI=1S/C19H26N4O7.C2HF3O2/c1-11(21-19(29)30-10-13-7-5-4-6-8-13)17(26)23(3)12(2)16(25)22-14(18(27)28)9-15(20)24;3-2(4,5)1(6)7/h4-8,11-12,14H,9-10H2,1-3H3,(H2,20,24)(H,21,29)(H,22,25)(H,27,28);(H,6,7)/t11-,12-,14-;/m0./s1. The van der Waals surface area contributed by atoms with Gasteiger partial charge >= 0.3 is 24.2 Å². The highest BCUT2D eigenvalue weighted by Gasteiger charge is 2.38. The van der Waals surface area contributed by atoms with E-state index in [0.717, 1.165) is 10.5 Å². The van der Waals surface area contributed by atoms with Crippen molar-refractivity contribution < 1.29 is 56.9 Å². The number of nitrogens with two attached hydrogens (primary N) is 1. The monoisotopic (exact) mass is 536 g/mol. The number of likely N-dealkylation sites (N-methyl/N-ethyl adjacent to an activating group) is 1. The largest absolute Gasteiger partial charge is 0.490 e. The van der Waals surface area contributed by atoms with Crippen LogP contribution in [0, 0.1) is 0 Å². The summed E-state index contributed by atoms with van der Waals surface area (Å²) in [4.78, 5) is 68.6. The van der Waals surface area contributed by atoms with Gasteiger partial charge in [0.2, 0.25) is 17.7 Å². The number of carbonyl (C=O) groups excluding carboxylic acids is 4. The minimum atomic E-state index is -5.08. The second-order valence-electron chi connectivity index (χ2n) is 7.43. The molecule has 0 saturated carbocycles. The Morgan fingerprint density at radius 1 is 1.03 bits per heavy atom. The lowest BCUT2D eigenvalue weighted by atomic mass is 10.1. The van der Waals surface area contributed by atoms with Crippen LogP contribution >= 0.6 is 0 Å². The molecule has 1 aromatic rings. The number of carboxylic acids is 2. The molecule has 6 N–H and O–H groups in total. The maximum Gasteiger partial charge on any atom is 0.490 e. The molecule has 16 heteroatoms. The van der Waals surface area contributed by atoms with E-state index in [2.05, 4.69) is 10.6 Å². The van der Waals surface area contributed by atoms with Crippen molar-refractivity contribution in [3.63, 3.8) is 0 Å². The summed E-state index contributed by atoms with van der Waals surface area (Å²) in [6.07, 6.45) is -6.48. The third-order valence-corrected chi connectivity index (χ3v) is 4.49. The van der Waals surface area contributed by atoms with Crippen LogP contribution < -0.4 is 16.4 Å². The molecule has 0 aliphatic heterocycles. The Morgan fingerprint density at radius 2 is 1.54 bits per heavy atom. The van der Waals surface area contributed by atoms with Crippen LogP contribution in [0.1, 0.15) is 25.8 Å². The molecule has 3 atom stereocenters. The first-order valence-corrected chi connectivity index (χ1v) is 10.3. The van der Waals surface area contributed by atoms with E-state index < -0.39 is 66.5 Å². The van der Waals surface area contributed by atoms with Gasteiger partial charge in [0.15, 0.2) is 0 Å². The lowest BCUT2D eigenvalue weighted by Crippen LogP contribution is -2.55. The van der Waals surface area contributed by atoms with E-state index in [-0.39, 0.29) is 6.61 Å². The molecule has 0 unspecified atom stereocenters. The van der Waals surface area contributed by atoms with Gasteiger partial charge in [-0.2, -0.15) is 13.2 Å². The molecule has 0 aliphatic carbocycles. The van der Waals surface area contributed by atoms with E-state index in [4.69, 9.17) is 25.5 Å². The Kier molecular flexibility index (Phi) is 13.1. The van der Waals surface area contributed by atoms with Crippen molar-refractivity contribution in [2.24, 2.45) is 5.73 Å². The summed E-state index contributed by atoms with van der Waals surface area (Å²) in [7, 11) is 1.32. The molecule has 37 heavy (non-hydrogen) atoms. The van der Waals surface area contributed by atoms with Gasteiger partial charge in [0.1, 0.15) is 24.7 Å². The number of nitrogens with zero attached hydrogens (tertiary/aromatic N) is 1. The molecule has 0 heterocycles. The Labute approximate surface area is 208 Å². The number of alkyl carbamates (subject to hydrolysis) is 1. The fraction of sp³-hybridized carbons (Fsp3) is 0.429. The smallest absolute Gasteiger partial charge is 0.480 e. The van der Waals surface area contributed by atoms with Crippen LogP contribution in [0.3, 0.4) is 0 Å². The molecule has 0 bridgehead atoms. The van der Waals surface area contributed by atoms with Crippen LogP contribution in [0.15, 0.2) is 30.3 Å². The second-order valence-corrected chi connectivity index (χ2v) is 7.43. The van der Waals surface area contributed by atoms with Crippen molar-refractivity contribution in [3.8, 4) is 0 Å². The zero-order chi connectivity index (χ0) is 28.9. The number of amides is 4. The fourth-order valence-electron chi connectivity index (χ4n) is 2.37. The van der Waals surface area contributed by atoms with E-state index >= 15 is 0 Å². The van der Waals surface area contributed by atoms with Gasteiger partial charge in [-0.1, -0.05) is 30.3 Å². The molecule has 0 spiro atoms. The Morgan fingerprint density at radius 3 is 1.97 bits per heavy atom. The number of benzene rings is 1. The highest BCUT2D eigenvalue weighted by Crippen LogP contribution is 2.13. The quantitative estimate of drug-likeness (QED) is 0.277. The molecule has 0 aromatic heterocycles. The van der Waals surface area contributed by atoms with E-state index in [1.807, 2.05) is 6.07 Å². The van der Waals surface area contributed by atoms with Crippen molar-refractivity contribution >= 4 is 35.8 Å². The minimum Gasteiger partial charge on any atom is -0.480 e. The highest BCUT2D eigenvalue weighted by atomic mass is 19.4. The maximum atomic E-state index is 12.5. The molecule has 13 nitrogen and oxygen atoms in total. The lowest BCUT2D eigenvalue weighted by Gasteiger charge is -2.28. The molecule has 0 aliphatic rings. The number of aliphatic carboxylic acids is 2. The second kappa shape index (κ2) is 14.9. The molecule has 4 amide bonds. The number of halogens is 3. The number of carbonyl (C=O) groups is 6.